The van der Waals surface area contributed by atoms with E-state index in [0.29, 0.717) is 11.9 Å². The van der Waals surface area contributed by atoms with Crippen LogP contribution in [0, 0.1) is 12.8 Å². The van der Waals surface area contributed by atoms with E-state index in [1.165, 1.54) is 5.56 Å². The molecule has 2 N–H and O–H groups in total. The van der Waals surface area contributed by atoms with Gasteiger partial charge in [-0.2, -0.15) is 4.98 Å². The predicted molar refractivity (Wildman–Crippen MR) is 89.2 cm³/mol. The zero-order valence-corrected chi connectivity index (χ0v) is 13.3. The van der Waals surface area contributed by atoms with Crippen LogP contribution in [0.3, 0.4) is 0 Å². The normalized spacial score (nSPS) is 10.7. The van der Waals surface area contributed by atoms with Crippen LogP contribution in [0.5, 0.6) is 0 Å². The summed E-state index contributed by atoms with van der Waals surface area (Å²) in [5.41, 5.74) is 3.34. The number of anilines is 3. The SMILES string of the molecule is CCc1ccccc1Nc1cc(C)nc(NCC(C)C)n1. The van der Waals surface area contributed by atoms with Gasteiger partial charge in [-0.15, -0.1) is 0 Å². The van der Waals surface area contributed by atoms with Gasteiger partial charge in [-0.3, -0.25) is 0 Å². The molecule has 0 fully saturated rings. The smallest absolute Gasteiger partial charge is 0.224 e. The molecular formula is C17H24N4. The summed E-state index contributed by atoms with van der Waals surface area (Å²) < 4.78 is 0. The van der Waals surface area contributed by atoms with Crippen LogP contribution in [0.2, 0.25) is 0 Å². The fourth-order valence-corrected chi connectivity index (χ4v) is 2.10. The summed E-state index contributed by atoms with van der Waals surface area (Å²) >= 11 is 0. The van der Waals surface area contributed by atoms with Crippen molar-refractivity contribution in [2.75, 3.05) is 17.2 Å². The lowest BCUT2D eigenvalue weighted by molar-refractivity contribution is 0.684. The van der Waals surface area contributed by atoms with Crippen LogP contribution in [0.1, 0.15) is 32.0 Å². The first kappa shape index (κ1) is 15.3. The van der Waals surface area contributed by atoms with Crippen molar-refractivity contribution in [1.29, 1.82) is 0 Å². The standard InChI is InChI=1S/C17H24N4/c1-5-14-8-6-7-9-15(14)20-16-10-13(4)19-17(21-16)18-11-12(2)3/h6-10,12H,5,11H2,1-4H3,(H2,18,19,20,21). The van der Waals surface area contributed by atoms with Crippen molar-refractivity contribution in [3.05, 3.63) is 41.6 Å². The molecule has 0 aliphatic heterocycles. The summed E-state index contributed by atoms with van der Waals surface area (Å²) in [5.74, 6) is 2.07. The Labute approximate surface area is 127 Å². The van der Waals surface area contributed by atoms with E-state index in [-0.39, 0.29) is 0 Å². The molecule has 4 heteroatoms. The Morgan fingerprint density at radius 3 is 2.62 bits per heavy atom. The molecule has 0 radical (unpaired) electrons. The van der Waals surface area contributed by atoms with Gasteiger partial charge in [0.1, 0.15) is 5.82 Å². The van der Waals surface area contributed by atoms with Crippen molar-refractivity contribution in [3.8, 4) is 0 Å². The number of hydrogen-bond donors (Lipinski definition) is 2. The molecule has 112 valence electrons. The van der Waals surface area contributed by atoms with E-state index in [1.54, 1.807) is 0 Å². The van der Waals surface area contributed by atoms with Gasteiger partial charge in [0.05, 0.1) is 0 Å². The van der Waals surface area contributed by atoms with Crippen molar-refractivity contribution >= 4 is 17.5 Å². The first-order valence-electron chi connectivity index (χ1n) is 7.53. The number of nitrogens with zero attached hydrogens (tertiary/aromatic N) is 2. The highest BCUT2D eigenvalue weighted by atomic mass is 15.1. The van der Waals surface area contributed by atoms with Gasteiger partial charge < -0.3 is 10.6 Å². The van der Waals surface area contributed by atoms with Crippen molar-refractivity contribution in [2.45, 2.75) is 34.1 Å². The van der Waals surface area contributed by atoms with Crippen LogP contribution in [-0.2, 0) is 6.42 Å². The molecule has 0 saturated heterocycles. The van der Waals surface area contributed by atoms with Gasteiger partial charge in [0.2, 0.25) is 5.95 Å². The molecule has 1 aromatic carbocycles. The Balaban J connectivity index is 2.19. The highest BCUT2D eigenvalue weighted by molar-refractivity contribution is 5.61. The lowest BCUT2D eigenvalue weighted by Crippen LogP contribution is -2.12. The zero-order chi connectivity index (χ0) is 15.2. The Hall–Kier alpha value is -2.10. The van der Waals surface area contributed by atoms with Crippen LogP contribution in [-0.4, -0.2) is 16.5 Å². The average molecular weight is 284 g/mol. The second kappa shape index (κ2) is 7.07. The van der Waals surface area contributed by atoms with Gasteiger partial charge in [0.15, 0.2) is 0 Å². The molecule has 0 bridgehead atoms. The molecule has 21 heavy (non-hydrogen) atoms. The number of hydrogen-bond acceptors (Lipinski definition) is 4. The summed E-state index contributed by atoms with van der Waals surface area (Å²) in [4.78, 5) is 8.97. The molecule has 0 atom stereocenters. The van der Waals surface area contributed by atoms with Gasteiger partial charge >= 0.3 is 0 Å². The number of rotatable bonds is 6. The van der Waals surface area contributed by atoms with Gasteiger partial charge in [0.25, 0.3) is 0 Å². The molecule has 2 rings (SSSR count). The van der Waals surface area contributed by atoms with E-state index < -0.39 is 0 Å². The average Bonchev–Trinajstić information content (AvgIpc) is 2.45. The van der Waals surface area contributed by atoms with E-state index in [4.69, 9.17) is 0 Å². The first-order chi connectivity index (χ1) is 10.1. The molecule has 4 nitrogen and oxygen atoms in total. The number of benzene rings is 1. The number of nitrogens with one attached hydrogen (secondary N) is 2. The lowest BCUT2D eigenvalue weighted by atomic mass is 10.1. The molecule has 0 amide bonds. The maximum absolute atomic E-state index is 4.54. The van der Waals surface area contributed by atoms with Crippen LogP contribution >= 0.6 is 0 Å². The van der Waals surface area contributed by atoms with E-state index in [2.05, 4.69) is 59.6 Å². The Bertz CT molecular complexity index is 593. The third kappa shape index (κ3) is 4.45. The van der Waals surface area contributed by atoms with Crippen molar-refractivity contribution < 1.29 is 0 Å². The highest BCUT2D eigenvalue weighted by Crippen LogP contribution is 2.21. The molecule has 1 heterocycles. The predicted octanol–water partition coefficient (Wildman–Crippen LogP) is 4.16. The second-order valence-electron chi connectivity index (χ2n) is 5.63. The van der Waals surface area contributed by atoms with Gasteiger partial charge in [-0.05, 0) is 30.9 Å². The maximum atomic E-state index is 4.54. The summed E-state index contributed by atoms with van der Waals surface area (Å²) in [5, 5.41) is 6.68. The minimum atomic E-state index is 0.561. The quantitative estimate of drug-likeness (QED) is 0.836. The highest BCUT2D eigenvalue weighted by Gasteiger charge is 2.05. The third-order valence-corrected chi connectivity index (χ3v) is 3.18. The summed E-state index contributed by atoms with van der Waals surface area (Å²) in [7, 11) is 0. The van der Waals surface area contributed by atoms with Crippen molar-refractivity contribution in [1.82, 2.24) is 9.97 Å². The van der Waals surface area contributed by atoms with Crippen LogP contribution in [0.15, 0.2) is 30.3 Å². The maximum Gasteiger partial charge on any atom is 0.224 e. The monoisotopic (exact) mass is 284 g/mol. The molecule has 0 saturated carbocycles. The molecular weight excluding hydrogens is 260 g/mol. The van der Waals surface area contributed by atoms with Crippen LogP contribution in [0.4, 0.5) is 17.5 Å². The Kier molecular flexibility index (Phi) is 5.14. The lowest BCUT2D eigenvalue weighted by Gasteiger charge is -2.13. The molecule has 2 aromatic rings. The molecule has 0 spiro atoms. The van der Waals surface area contributed by atoms with E-state index in [1.807, 2.05) is 19.1 Å². The molecule has 0 unspecified atom stereocenters. The number of aryl methyl sites for hydroxylation is 2. The fraction of sp³-hybridized carbons (Fsp3) is 0.412. The van der Waals surface area contributed by atoms with E-state index in [0.717, 1.165) is 30.2 Å². The van der Waals surface area contributed by atoms with Gasteiger partial charge in [-0.25, -0.2) is 4.98 Å². The Morgan fingerprint density at radius 2 is 1.90 bits per heavy atom. The zero-order valence-electron chi connectivity index (χ0n) is 13.3. The number of para-hydroxylation sites is 1. The first-order valence-corrected chi connectivity index (χ1v) is 7.53. The number of aromatic nitrogens is 2. The molecule has 0 aliphatic rings. The van der Waals surface area contributed by atoms with Crippen LogP contribution < -0.4 is 10.6 Å². The third-order valence-electron chi connectivity index (χ3n) is 3.18. The molecule has 0 aliphatic carbocycles. The van der Waals surface area contributed by atoms with Crippen molar-refractivity contribution in [3.63, 3.8) is 0 Å². The largest absolute Gasteiger partial charge is 0.354 e. The van der Waals surface area contributed by atoms with Gasteiger partial charge in [0, 0.05) is 24.0 Å². The summed E-state index contributed by atoms with van der Waals surface area (Å²) in [6, 6.07) is 10.3. The van der Waals surface area contributed by atoms with Gasteiger partial charge in [-0.1, -0.05) is 39.0 Å². The molecule has 1 aromatic heterocycles. The minimum absolute atomic E-state index is 0.561. The van der Waals surface area contributed by atoms with Crippen LogP contribution in [0.25, 0.3) is 0 Å². The summed E-state index contributed by atoms with van der Waals surface area (Å²) in [6.45, 7) is 9.34. The van der Waals surface area contributed by atoms with E-state index >= 15 is 0 Å². The second-order valence-corrected chi connectivity index (χ2v) is 5.63. The Morgan fingerprint density at radius 1 is 1.14 bits per heavy atom. The summed E-state index contributed by atoms with van der Waals surface area (Å²) in [6.07, 6.45) is 0.992. The fourth-order valence-electron chi connectivity index (χ4n) is 2.10. The minimum Gasteiger partial charge on any atom is -0.354 e. The van der Waals surface area contributed by atoms with Crippen molar-refractivity contribution in [2.24, 2.45) is 5.92 Å². The van der Waals surface area contributed by atoms with E-state index in [9.17, 15) is 0 Å². The topological polar surface area (TPSA) is 49.8 Å².